The molecule has 146 valence electrons. The van der Waals surface area contributed by atoms with Crippen molar-refractivity contribution in [3.63, 3.8) is 0 Å². The van der Waals surface area contributed by atoms with Crippen LogP contribution >= 0.6 is 0 Å². The highest BCUT2D eigenvalue weighted by atomic mass is 19.4. The fraction of sp³-hybridized carbons (Fsp3) is 0.222. The second-order valence-corrected chi connectivity index (χ2v) is 6.03. The number of nitrogens with two attached hydrogens (primary N) is 1. The summed E-state index contributed by atoms with van der Waals surface area (Å²) in [7, 11) is 0. The van der Waals surface area contributed by atoms with Crippen molar-refractivity contribution in [1.82, 2.24) is 9.97 Å². The number of imidazole rings is 1. The van der Waals surface area contributed by atoms with E-state index in [2.05, 4.69) is 20.0 Å². The number of benzene rings is 1. The highest BCUT2D eigenvalue weighted by molar-refractivity contribution is 6.03. The molecule has 0 bridgehead atoms. The Labute approximate surface area is 157 Å². The number of alkyl halides is 3. The van der Waals surface area contributed by atoms with Gasteiger partial charge in [0.2, 0.25) is 0 Å². The van der Waals surface area contributed by atoms with Gasteiger partial charge in [-0.15, -0.1) is 0 Å². The number of amidine groups is 2. The van der Waals surface area contributed by atoms with Gasteiger partial charge in [0.15, 0.2) is 5.84 Å². The predicted molar refractivity (Wildman–Crippen MR) is 95.7 cm³/mol. The largest absolute Gasteiger partial charge is 0.408 e. The summed E-state index contributed by atoms with van der Waals surface area (Å²) in [6.07, 6.45) is 0.736. The van der Waals surface area contributed by atoms with Gasteiger partial charge in [0, 0.05) is 6.42 Å². The van der Waals surface area contributed by atoms with E-state index in [1.54, 1.807) is 41.2 Å². The number of halogens is 4. The van der Waals surface area contributed by atoms with Crippen molar-refractivity contribution in [2.24, 2.45) is 15.7 Å². The van der Waals surface area contributed by atoms with Crippen LogP contribution in [0, 0.1) is 5.82 Å². The van der Waals surface area contributed by atoms with Crippen molar-refractivity contribution in [2.75, 3.05) is 6.54 Å². The lowest BCUT2D eigenvalue weighted by molar-refractivity contribution is -0.511. The Balaban J connectivity index is 1.96. The van der Waals surface area contributed by atoms with Crippen LogP contribution in [0.3, 0.4) is 0 Å². The average molecular weight is 393 g/mol. The standard InChI is InChI=1S/C18H16F4N6/c1-11(25-10-18(20,21)22)26-16(23)15-9-28-7-6-24-17(28)14(27-15)8-12-4-2-3-5-13(12)19/h2-7,9H,8,10H2,1H3,(H2,23,25,26)/p+1. The second kappa shape index (κ2) is 7.75. The van der Waals surface area contributed by atoms with Gasteiger partial charge in [-0.2, -0.15) is 17.6 Å². The molecule has 0 aliphatic carbocycles. The van der Waals surface area contributed by atoms with Gasteiger partial charge in [0.05, 0.1) is 0 Å². The van der Waals surface area contributed by atoms with Crippen molar-refractivity contribution in [3.8, 4) is 0 Å². The van der Waals surface area contributed by atoms with Crippen molar-refractivity contribution < 1.29 is 22.0 Å². The first-order chi connectivity index (χ1) is 13.2. The predicted octanol–water partition coefficient (Wildman–Crippen LogP) is 2.56. The number of nitrogens with zero attached hydrogens (tertiary/aromatic N) is 4. The minimum absolute atomic E-state index is 0.0891. The van der Waals surface area contributed by atoms with Gasteiger partial charge in [0.1, 0.15) is 48.2 Å². The molecule has 0 radical (unpaired) electrons. The number of aliphatic imine (C=N–C) groups is 2. The summed E-state index contributed by atoms with van der Waals surface area (Å²) in [5.74, 6) is -0.573. The lowest BCUT2D eigenvalue weighted by Crippen LogP contribution is -2.27. The lowest BCUT2D eigenvalue weighted by Gasteiger charge is -2.05. The third kappa shape index (κ3) is 4.70. The monoisotopic (exact) mass is 393 g/mol. The van der Waals surface area contributed by atoms with Crippen LogP contribution in [0.15, 0.2) is 52.8 Å². The molecule has 0 unspecified atom stereocenters. The SMILES string of the molecule is CC(=NCC(F)(F)F)N=C(N)c1c[n+]2cc[nH]c2c(Cc2ccccc2F)n1. The maximum atomic E-state index is 14.0. The number of aromatic amines is 1. The molecule has 0 fully saturated rings. The zero-order chi connectivity index (χ0) is 20.3. The summed E-state index contributed by atoms with van der Waals surface area (Å²) >= 11 is 0. The van der Waals surface area contributed by atoms with E-state index in [1.165, 1.54) is 13.0 Å². The number of hydrogen-bond donors (Lipinski definition) is 2. The third-order valence-corrected chi connectivity index (χ3v) is 3.85. The van der Waals surface area contributed by atoms with Gasteiger partial charge in [0.25, 0.3) is 0 Å². The molecule has 1 aromatic carbocycles. The highest BCUT2D eigenvalue weighted by Gasteiger charge is 2.26. The fourth-order valence-electron chi connectivity index (χ4n) is 2.58. The van der Waals surface area contributed by atoms with Gasteiger partial charge < -0.3 is 5.73 Å². The van der Waals surface area contributed by atoms with E-state index >= 15 is 0 Å². The molecular formula is C18H17F4N6+. The van der Waals surface area contributed by atoms with E-state index in [0.717, 1.165) is 0 Å². The van der Waals surface area contributed by atoms with Crippen molar-refractivity contribution in [3.05, 3.63) is 65.6 Å². The molecule has 3 rings (SSSR count). The molecule has 3 N–H and O–H groups in total. The van der Waals surface area contributed by atoms with E-state index in [9.17, 15) is 17.6 Å². The zero-order valence-corrected chi connectivity index (χ0v) is 14.8. The normalized spacial score (nSPS) is 13.3. The smallest absolute Gasteiger partial charge is 0.382 e. The van der Waals surface area contributed by atoms with Crippen LogP contribution in [-0.4, -0.2) is 34.4 Å². The number of H-pyrrole nitrogens is 1. The summed E-state index contributed by atoms with van der Waals surface area (Å²) in [5, 5.41) is 0. The van der Waals surface area contributed by atoms with Crippen LogP contribution < -0.4 is 10.1 Å². The molecular weight excluding hydrogens is 376 g/mol. The van der Waals surface area contributed by atoms with E-state index in [0.29, 0.717) is 16.9 Å². The maximum absolute atomic E-state index is 14.0. The summed E-state index contributed by atoms with van der Waals surface area (Å²) in [6.45, 7) is -0.0198. The first-order valence-corrected chi connectivity index (χ1v) is 8.27. The van der Waals surface area contributed by atoms with Crippen LogP contribution in [0.25, 0.3) is 5.65 Å². The third-order valence-electron chi connectivity index (χ3n) is 3.85. The average Bonchev–Trinajstić information content (AvgIpc) is 3.10. The first kappa shape index (κ1) is 19.5. The van der Waals surface area contributed by atoms with Gasteiger partial charge in [-0.05, 0) is 18.6 Å². The van der Waals surface area contributed by atoms with E-state index < -0.39 is 12.7 Å². The Hall–Kier alpha value is -3.30. The summed E-state index contributed by atoms with van der Waals surface area (Å²) in [5.41, 5.74) is 7.75. The van der Waals surface area contributed by atoms with Gasteiger partial charge in [-0.25, -0.2) is 19.4 Å². The number of nitrogens with one attached hydrogen (secondary N) is 1. The van der Waals surface area contributed by atoms with Crippen LogP contribution in [0.1, 0.15) is 23.9 Å². The lowest BCUT2D eigenvalue weighted by atomic mass is 10.1. The van der Waals surface area contributed by atoms with Gasteiger partial charge in [-0.1, -0.05) is 18.2 Å². The van der Waals surface area contributed by atoms with Crippen LogP contribution in [0.4, 0.5) is 17.6 Å². The summed E-state index contributed by atoms with van der Waals surface area (Å²) < 4.78 is 52.5. The Kier molecular flexibility index (Phi) is 5.39. The molecule has 3 aromatic rings. The second-order valence-electron chi connectivity index (χ2n) is 6.03. The van der Waals surface area contributed by atoms with E-state index in [-0.39, 0.29) is 29.6 Å². The molecule has 0 amide bonds. The minimum Gasteiger partial charge on any atom is -0.382 e. The molecule has 6 nitrogen and oxygen atoms in total. The van der Waals surface area contributed by atoms with Crippen molar-refractivity contribution in [1.29, 1.82) is 0 Å². The minimum atomic E-state index is -4.42. The molecule has 28 heavy (non-hydrogen) atoms. The first-order valence-electron chi connectivity index (χ1n) is 8.27. The van der Waals surface area contributed by atoms with E-state index in [4.69, 9.17) is 5.73 Å². The van der Waals surface area contributed by atoms with Crippen LogP contribution in [0.2, 0.25) is 0 Å². The maximum Gasteiger partial charge on any atom is 0.408 e. The van der Waals surface area contributed by atoms with Gasteiger partial charge >= 0.3 is 11.8 Å². The van der Waals surface area contributed by atoms with E-state index in [1.807, 2.05) is 0 Å². The topological polar surface area (TPSA) is 83.5 Å². The summed E-state index contributed by atoms with van der Waals surface area (Å²) in [6, 6.07) is 6.32. The molecule has 0 aliphatic heterocycles. The number of aromatic nitrogens is 3. The van der Waals surface area contributed by atoms with Crippen LogP contribution in [0.5, 0.6) is 0 Å². The molecule has 2 heterocycles. The molecule has 0 saturated carbocycles. The highest BCUT2D eigenvalue weighted by Crippen LogP contribution is 2.15. The Morgan fingerprint density at radius 2 is 2.04 bits per heavy atom. The number of fused-ring (bicyclic) bond motifs is 1. The Morgan fingerprint density at radius 1 is 1.29 bits per heavy atom. The molecule has 2 aromatic heterocycles. The number of hydrogen-bond acceptors (Lipinski definition) is 2. The Bertz CT molecular complexity index is 1050. The molecule has 0 saturated heterocycles. The van der Waals surface area contributed by atoms with Crippen molar-refractivity contribution >= 4 is 17.3 Å². The molecule has 0 spiro atoms. The molecule has 10 heteroatoms. The van der Waals surface area contributed by atoms with Crippen LogP contribution in [-0.2, 0) is 6.42 Å². The quantitative estimate of drug-likeness (QED) is 0.309. The summed E-state index contributed by atoms with van der Waals surface area (Å²) in [4.78, 5) is 14.7. The van der Waals surface area contributed by atoms with Gasteiger partial charge in [-0.3, -0.25) is 4.99 Å². The zero-order valence-electron chi connectivity index (χ0n) is 14.8. The molecule has 0 atom stereocenters. The number of rotatable bonds is 4. The molecule has 0 aliphatic rings. The Morgan fingerprint density at radius 3 is 2.75 bits per heavy atom. The fourth-order valence-corrected chi connectivity index (χ4v) is 2.58. The van der Waals surface area contributed by atoms with Crippen molar-refractivity contribution in [2.45, 2.75) is 19.5 Å².